The van der Waals surface area contributed by atoms with E-state index in [-0.39, 0.29) is 23.6 Å². The van der Waals surface area contributed by atoms with Crippen molar-refractivity contribution in [1.29, 1.82) is 5.26 Å². The Balaban J connectivity index is 2.08. The molecule has 3 rings (SSSR count). The highest BCUT2D eigenvalue weighted by molar-refractivity contribution is 6.02. The van der Waals surface area contributed by atoms with E-state index in [1.807, 2.05) is 36.4 Å². The van der Waals surface area contributed by atoms with Gasteiger partial charge in [-0.05, 0) is 43.7 Å². The van der Waals surface area contributed by atoms with Crippen molar-refractivity contribution in [2.24, 2.45) is 0 Å². The molecule has 1 N–H and O–H groups in total. The second-order valence-electron chi connectivity index (χ2n) is 7.36. The molecule has 0 spiro atoms. The van der Waals surface area contributed by atoms with Gasteiger partial charge in [0.2, 0.25) is 0 Å². The standard InChI is InChI=1S/C25H25N5O5/c1-3-35-23-11-10-18(15-22(23)30(32)33)24-20(17-29(28-24)21-8-5-4-6-9-21)14-19(16-26)25(31)27-12-7-13-34-2/h4-6,8-11,14-15,17H,3,7,12-13H2,1-2H3,(H,27,31)/b19-14+. The lowest BCUT2D eigenvalue weighted by atomic mass is 10.0. The van der Waals surface area contributed by atoms with E-state index in [9.17, 15) is 20.2 Å². The summed E-state index contributed by atoms with van der Waals surface area (Å²) in [6.45, 7) is 2.86. The highest BCUT2D eigenvalue weighted by Crippen LogP contribution is 2.34. The van der Waals surface area contributed by atoms with Gasteiger partial charge in [0.05, 0.1) is 17.2 Å². The van der Waals surface area contributed by atoms with Crippen molar-refractivity contribution in [1.82, 2.24) is 15.1 Å². The summed E-state index contributed by atoms with van der Waals surface area (Å²) < 4.78 is 11.9. The van der Waals surface area contributed by atoms with Crippen LogP contribution in [0.25, 0.3) is 23.0 Å². The average Bonchev–Trinajstić information content (AvgIpc) is 3.29. The van der Waals surface area contributed by atoms with Crippen LogP contribution >= 0.6 is 0 Å². The third-order valence-electron chi connectivity index (χ3n) is 4.97. The van der Waals surface area contributed by atoms with Gasteiger partial charge in [-0.15, -0.1) is 0 Å². The maximum Gasteiger partial charge on any atom is 0.311 e. The molecular weight excluding hydrogens is 450 g/mol. The van der Waals surface area contributed by atoms with Crippen molar-refractivity contribution in [3.8, 4) is 28.8 Å². The fourth-order valence-electron chi connectivity index (χ4n) is 3.33. The Morgan fingerprint density at radius 3 is 2.71 bits per heavy atom. The molecular formula is C25H25N5O5. The molecule has 2 aromatic carbocycles. The molecule has 0 aliphatic heterocycles. The monoisotopic (exact) mass is 475 g/mol. The molecule has 0 fully saturated rings. The van der Waals surface area contributed by atoms with Crippen LogP contribution in [0.3, 0.4) is 0 Å². The van der Waals surface area contributed by atoms with E-state index in [0.717, 1.165) is 5.69 Å². The predicted molar refractivity (Wildman–Crippen MR) is 130 cm³/mol. The third-order valence-corrected chi connectivity index (χ3v) is 4.97. The molecule has 35 heavy (non-hydrogen) atoms. The summed E-state index contributed by atoms with van der Waals surface area (Å²) in [5, 5.41) is 28.6. The number of carbonyl (C=O) groups is 1. The maximum absolute atomic E-state index is 12.6. The normalized spacial score (nSPS) is 11.1. The largest absolute Gasteiger partial charge is 0.487 e. The maximum atomic E-state index is 12.6. The lowest BCUT2D eigenvalue weighted by Crippen LogP contribution is -2.26. The zero-order valence-corrected chi connectivity index (χ0v) is 19.4. The van der Waals surface area contributed by atoms with Crippen LogP contribution in [-0.4, -0.2) is 47.5 Å². The molecule has 1 aromatic heterocycles. The zero-order chi connectivity index (χ0) is 25.2. The van der Waals surface area contributed by atoms with Gasteiger partial charge >= 0.3 is 5.69 Å². The first-order valence-electron chi connectivity index (χ1n) is 10.9. The molecule has 0 atom stereocenters. The van der Waals surface area contributed by atoms with Gasteiger partial charge in [-0.2, -0.15) is 10.4 Å². The molecule has 0 unspecified atom stereocenters. The number of amides is 1. The average molecular weight is 476 g/mol. The van der Waals surface area contributed by atoms with Gasteiger partial charge < -0.3 is 14.8 Å². The van der Waals surface area contributed by atoms with Crippen LogP contribution in [0.2, 0.25) is 0 Å². The summed E-state index contributed by atoms with van der Waals surface area (Å²) in [6.07, 6.45) is 3.70. The number of para-hydroxylation sites is 1. The summed E-state index contributed by atoms with van der Waals surface area (Å²) in [5.74, 6) is -0.381. The van der Waals surface area contributed by atoms with Crippen molar-refractivity contribution in [2.45, 2.75) is 13.3 Å². The Morgan fingerprint density at radius 2 is 2.06 bits per heavy atom. The number of nitro groups is 1. The number of rotatable bonds is 11. The highest BCUT2D eigenvalue weighted by Gasteiger charge is 2.20. The highest BCUT2D eigenvalue weighted by atomic mass is 16.6. The topological polar surface area (TPSA) is 132 Å². The molecule has 1 amide bonds. The van der Waals surface area contributed by atoms with Crippen LogP contribution in [0.4, 0.5) is 5.69 Å². The SMILES string of the molecule is CCOc1ccc(-c2nn(-c3ccccc3)cc2/C=C(\C#N)C(=O)NCCCOC)cc1[N+](=O)[O-]. The number of carbonyl (C=O) groups excluding carboxylic acids is 1. The summed E-state index contributed by atoms with van der Waals surface area (Å²) in [6, 6.07) is 15.7. The van der Waals surface area contributed by atoms with Gasteiger partial charge in [0.1, 0.15) is 17.3 Å². The van der Waals surface area contributed by atoms with E-state index in [0.29, 0.717) is 36.4 Å². The summed E-state index contributed by atoms with van der Waals surface area (Å²) in [5.41, 5.74) is 1.70. The van der Waals surface area contributed by atoms with Crippen molar-refractivity contribution in [3.63, 3.8) is 0 Å². The first-order valence-corrected chi connectivity index (χ1v) is 10.9. The van der Waals surface area contributed by atoms with E-state index >= 15 is 0 Å². The molecule has 0 aliphatic rings. The lowest BCUT2D eigenvalue weighted by molar-refractivity contribution is -0.385. The van der Waals surface area contributed by atoms with Crippen molar-refractivity contribution < 1.29 is 19.2 Å². The number of ether oxygens (including phenoxy) is 2. The van der Waals surface area contributed by atoms with Crippen LogP contribution < -0.4 is 10.1 Å². The number of nitro benzene ring substituents is 1. The smallest absolute Gasteiger partial charge is 0.311 e. The summed E-state index contributed by atoms with van der Waals surface area (Å²) >= 11 is 0. The second kappa shape index (κ2) is 12.1. The lowest BCUT2D eigenvalue weighted by Gasteiger charge is -2.06. The van der Waals surface area contributed by atoms with Crippen LogP contribution in [0.1, 0.15) is 18.9 Å². The van der Waals surface area contributed by atoms with E-state index < -0.39 is 10.8 Å². The molecule has 180 valence electrons. The Labute approximate surface area is 202 Å². The van der Waals surface area contributed by atoms with E-state index in [1.54, 1.807) is 31.0 Å². The number of nitrogens with zero attached hydrogens (tertiary/aromatic N) is 4. The summed E-state index contributed by atoms with van der Waals surface area (Å²) in [4.78, 5) is 23.7. The second-order valence-corrected chi connectivity index (χ2v) is 7.36. The molecule has 10 heteroatoms. The van der Waals surface area contributed by atoms with E-state index in [1.165, 1.54) is 18.2 Å². The van der Waals surface area contributed by atoms with Gasteiger partial charge in [-0.3, -0.25) is 14.9 Å². The first-order chi connectivity index (χ1) is 17.0. The van der Waals surface area contributed by atoms with Crippen molar-refractivity contribution in [3.05, 3.63) is 76.0 Å². The molecule has 0 saturated carbocycles. The molecule has 3 aromatic rings. The number of nitriles is 1. The zero-order valence-electron chi connectivity index (χ0n) is 19.4. The van der Waals surface area contributed by atoms with Gasteiger partial charge in [0.25, 0.3) is 5.91 Å². The molecule has 1 heterocycles. The number of hydrogen-bond donors (Lipinski definition) is 1. The Kier molecular flexibility index (Phi) is 8.70. The minimum Gasteiger partial charge on any atom is -0.487 e. The number of methoxy groups -OCH3 is 1. The number of nitrogens with one attached hydrogen (secondary N) is 1. The van der Waals surface area contributed by atoms with Crippen molar-refractivity contribution >= 4 is 17.7 Å². The van der Waals surface area contributed by atoms with Gasteiger partial charge in [-0.25, -0.2) is 4.68 Å². The molecule has 0 bridgehead atoms. The quantitative estimate of drug-likeness (QED) is 0.146. The van der Waals surface area contributed by atoms with E-state index in [2.05, 4.69) is 10.4 Å². The van der Waals surface area contributed by atoms with Crippen LogP contribution in [0.5, 0.6) is 5.75 Å². The number of hydrogen-bond acceptors (Lipinski definition) is 7. The Bertz CT molecular complexity index is 1260. The van der Waals surface area contributed by atoms with Crippen LogP contribution in [0.15, 0.2) is 60.3 Å². The minimum atomic E-state index is -0.528. The molecule has 0 radical (unpaired) electrons. The van der Waals surface area contributed by atoms with Crippen LogP contribution in [0, 0.1) is 21.4 Å². The van der Waals surface area contributed by atoms with Crippen LogP contribution in [-0.2, 0) is 9.53 Å². The van der Waals surface area contributed by atoms with Crippen molar-refractivity contribution in [2.75, 3.05) is 26.9 Å². The van der Waals surface area contributed by atoms with Gasteiger partial charge in [0, 0.05) is 43.7 Å². The predicted octanol–water partition coefficient (Wildman–Crippen LogP) is 3.91. The first kappa shape index (κ1) is 25.1. The fourth-order valence-corrected chi connectivity index (χ4v) is 3.33. The van der Waals surface area contributed by atoms with Gasteiger partial charge in [0.15, 0.2) is 5.75 Å². The van der Waals surface area contributed by atoms with Gasteiger partial charge in [-0.1, -0.05) is 18.2 Å². The Hall–Kier alpha value is -4.49. The fraction of sp³-hybridized carbons (Fsp3) is 0.240. The third kappa shape index (κ3) is 6.31. The molecule has 0 saturated heterocycles. The minimum absolute atomic E-state index is 0.114. The Morgan fingerprint density at radius 1 is 1.29 bits per heavy atom. The molecule has 10 nitrogen and oxygen atoms in total. The number of benzene rings is 2. The van der Waals surface area contributed by atoms with E-state index in [4.69, 9.17) is 9.47 Å². The molecule has 0 aliphatic carbocycles. The number of aromatic nitrogens is 2. The summed E-state index contributed by atoms with van der Waals surface area (Å²) in [7, 11) is 1.57.